The van der Waals surface area contributed by atoms with Crippen LogP contribution in [0.3, 0.4) is 0 Å². The van der Waals surface area contributed by atoms with Crippen molar-refractivity contribution in [2.45, 2.75) is 38.6 Å². The van der Waals surface area contributed by atoms with Crippen LogP contribution in [0.5, 0.6) is 0 Å². The summed E-state index contributed by atoms with van der Waals surface area (Å²) in [6.45, 7) is 5.86. The minimum Gasteiger partial charge on any atom is -0.352 e. The topological polar surface area (TPSA) is 101 Å². The van der Waals surface area contributed by atoms with Crippen LogP contribution in [0, 0.1) is 5.92 Å². The number of nitrogens with zero attached hydrogens (tertiary/aromatic N) is 3. The second-order valence-corrected chi connectivity index (χ2v) is 9.44. The predicted molar refractivity (Wildman–Crippen MR) is 93.0 cm³/mol. The second kappa shape index (κ2) is 6.21. The molecule has 3 rings (SSSR count). The molecule has 1 amide bonds. The van der Waals surface area contributed by atoms with E-state index in [0.717, 1.165) is 6.42 Å². The SMILES string of the molecule is CC(C)CNC(=O)c1cn2c(nc1=O)[C@]1(CCN(S(C)(=O)=O)C1)CC2. The Hall–Kier alpha value is -1.74. The number of aryl methyl sites for hydroxylation is 1. The van der Waals surface area contributed by atoms with E-state index >= 15 is 0 Å². The molecule has 1 atom stereocenters. The number of carbonyl (C=O) groups excluding carboxylic acids is 1. The molecule has 0 bridgehead atoms. The highest BCUT2D eigenvalue weighted by Crippen LogP contribution is 2.41. The number of aromatic nitrogens is 2. The summed E-state index contributed by atoms with van der Waals surface area (Å²) in [5.74, 6) is 0.480. The number of sulfonamides is 1. The summed E-state index contributed by atoms with van der Waals surface area (Å²) in [6, 6.07) is 0. The Morgan fingerprint density at radius 2 is 2.04 bits per heavy atom. The second-order valence-electron chi connectivity index (χ2n) is 7.46. The number of hydrogen-bond acceptors (Lipinski definition) is 5. The Morgan fingerprint density at radius 3 is 2.64 bits per heavy atom. The Morgan fingerprint density at radius 1 is 1.36 bits per heavy atom. The van der Waals surface area contributed by atoms with Gasteiger partial charge in [0.2, 0.25) is 10.0 Å². The van der Waals surface area contributed by atoms with Gasteiger partial charge in [-0.05, 0) is 18.8 Å². The molecule has 0 radical (unpaired) electrons. The molecule has 1 aromatic rings. The van der Waals surface area contributed by atoms with Crippen molar-refractivity contribution in [3.05, 3.63) is 27.9 Å². The first-order valence-corrected chi connectivity index (χ1v) is 10.3. The zero-order valence-corrected chi connectivity index (χ0v) is 15.6. The molecule has 2 aliphatic heterocycles. The maximum absolute atomic E-state index is 12.4. The number of amides is 1. The third kappa shape index (κ3) is 3.35. The van der Waals surface area contributed by atoms with Crippen molar-refractivity contribution in [1.29, 1.82) is 0 Å². The van der Waals surface area contributed by atoms with E-state index in [9.17, 15) is 18.0 Å². The summed E-state index contributed by atoms with van der Waals surface area (Å²) < 4.78 is 26.9. The lowest BCUT2D eigenvalue weighted by molar-refractivity contribution is 0.0946. The van der Waals surface area contributed by atoms with Gasteiger partial charge in [-0.3, -0.25) is 9.59 Å². The molecular formula is C16H24N4O4S. The van der Waals surface area contributed by atoms with E-state index in [1.807, 2.05) is 18.4 Å². The van der Waals surface area contributed by atoms with Crippen LogP contribution in [0.25, 0.3) is 0 Å². The molecule has 0 aromatic carbocycles. The molecule has 1 saturated heterocycles. The van der Waals surface area contributed by atoms with E-state index in [2.05, 4.69) is 10.3 Å². The Kier molecular flexibility index (Phi) is 4.48. The molecule has 2 aliphatic rings. The van der Waals surface area contributed by atoms with Crippen LogP contribution in [0.2, 0.25) is 0 Å². The Labute approximate surface area is 147 Å². The van der Waals surface area contributed by atoms with Gasteiger partial charge in [-0.2, -0.15) is 4.98 Å². The number of nitrogens with one attached hydrogen (secondary N) is 1. The van der Waals surface area contributed by atoms with Crippen LogP contribution in [0.4, 0.5) is 0 Å². The predicted octanol–water partition coefficient (Wildman–Crippen LogP) is -0.0641. The highest BCUT2D eigenvalue weighted by atomic mass is 32.2. The minimum absolute atomic E-state index is 0.0411. The standard InChI is InChI=1S/C16H24N4O4S/c1-11(2)8-17-13(21)12-9-19-6-4-16(15(19)18-14(12)22)5-7-20(10-16)25(3,23)24/h9,11H,4-8,10H2,1-3H3,(H,17,21)/t16-/m0/s1. The summed E-state index contributed by atoms with van der Waals surface area (Å²) in [6.07, 6.45) is 4.13. The molecular weight excluding hydrogens is 344 g/mol. The van der Waals surface area contributed by atoms with Gasteiger partial charge in [0.25, 0.3) is 11.5 Å². The van der Waals surface area contributed by atoms with Gasteiger partial charge in [-0.15, -0.1) is 0 Å². The summed E-state index contributed by atoms with van der Waals surface area (Å²) in [5.41, 5.74) is -0.930. The largest absolute Gasteiger partial charge is 0.352 e. The summed E-state index contributed by atoms with van der Waals surface area (Å²) >= 11 is 0. The fraction of sp³-hybridized carbons (Fsp3) is 0.688. The van der Waals surface area contributed by atoms with Crippen LogP contribution in [-0.2, 0) is 22.0 Å². The van der Waals surface area contributed by atoms with Crippen molar-refractivity contribution in [3.63, 3.8) is 0 Å². The Bertz CT molecular complexity index is 861. The number of fused-ring (bicyclic) bond motifs is 2. The zero-order chi connectivity index (χ0) is 18.4. The zero-order valence-electron chi connectivity index (χ0n) is 14.8. The van der Waals surface area contributed by atoms with E-state index in [1.165, 1.54) is 10.6 Å². The van der Waals surface area contributed by atoms with E-state index in [-0.39, 0.29) is 11.5 Å². The van der Waals surface area contributed by atoms with Gasteiger partial charge >= 0.3 is 0 Å². The molecule has 138 valence electrons. The third-order valence-electron chi connectivity index (χ3n) is 5.00. The lowest BCUT2D eigenvalue weighted by Crippen LogP contribution is -2.37. The molecule has 1 fully saturated rings. The fourth-order valence-electron chi connectivity index (χ4n) is 3.58. The molecule has 3 heterocycles. The van der Waals surface area contributed by atoms with Gasteiger partial charge in [-0.25, -0.2) is 12.7 Å². The van der Waals surface area contributed by atoms with E-state index in [4.69, 9.17) is 0 Å². The van der Waals surface area contributed by atoms with Crippen molar-refractivity contribution in [3.8, 4) is 0 Å². The monoisotopic (exact) mass is 368 g/mol. The quantitative estimate of drug-likeness (QED) is 0.802. The van der Waals surface area contributed by atoms with Crippen molar-refractivity contribution < 1.29 is 13.2 Å². The van der Waals surface area contributed by atoms with Gasteiger partial charge in [0, 0.05) is 37.8 Å². The molecule has 0 saturated carbocycles. The van der Waals surface area contributed by atoms with Gasteiger partial charge in [0.15, 0.2) is 0 Å². The molecule has 0 aliphatic carbocycles. The van der Waals surface area contributed by atoms with Gasteiger partial charge < -0.3 is 9.88 Å². The first-order chi connectivity index (χ1) is 11.6. The lowest BCUT2D eigenvalue weighted by atomic mass is 9.85. The maximum Gasteiger partial charge on any atom is 0.285 e. The smallest absolute Gasteiger partial charge is 0.285 e. The minimum atomic E-state index is -3.26. The molecule has 1 N–H and O–H groups in total. The van der Waals surface area contributed by atoms with E-state index in [0.29, 0.717) is 38.4 Å². The maximum atomic E-state index is 12.4. The van der Waals surface area contributed by atoms with E-state index in [1.54, 1.807) is 6.20 Å². The molecule has 9 heteroatoms. The fourth-order valence-corrected chi connectivity index (χ4v) is 4.49. The number of carbonyl (C=O) groups is 1. The molecule has 1 spiro atoms. The van der Waals surface area contributed by atoms with Crippen LogP contribution < -0.4 is 10.9 Å². The highest BCUT2D eigenvalue weighted by molar-refractivity contribution is 7.88. The van der Waals surface area contributed by atoms with Gasteiger partial charge in [0.05, 0.1) is 6.26 Å². The molecule has 25 heavy (non-hydrogen) atoms. The normalized spacial score (nSPS) is 23.4. The molecule has 0 unspecified atom stereocenters. The summed E-state index contributed by atoms with van der Waals surface area (Å²) in [4.78, 5) is 28.8. The first kappa shape index (κ1) is 18.1. The number of rotatable bonds is 4. The number of hydrogen-bond donors (Lipinski definition) is 1. The lowest BCUT2D eigenvalue weighted by Gasteiger charge is -2.22. The van der Waals surface area contributed by atoms with Crippen molar-refractivity contribution >= 4 is 15.9 Å². The van der Waals surface area contributed by atoms with Crippen LogP contribution in [0.15, 0.2) is 11.0 Å². The highest BCUT2D eigenvalue weighted by Gasteiger charge is 2.48. The van der Waals surface area contributed by atoms with Crippen molar-refractivity contribution in [2.75, 3.05) is 25.9 Å². The molecule has 1 aromatic heterocycles. The van der Waals surface area contributed by atoms with Crippen LogP contribution in [0.1, 0.15) is 42.9 Å². The summed E-state index contributed by atoms with van der Waals surface area (Å²) in [5, 5.41) is 2.74. The van der Waals surface area contributed by atoms with Crippen molar-refractivity contribution in [1.82, 2.24) is 19.2 Å². The van der Waals surface area contributed by atoms with E-state index < -0.39 is 26.9 Å². The average molecular weight is 368 g/mol. The first-order valence-electron chi connectivity index (χ1n) is 8.48. The van der Waals surface area contributed by atoms with Crippen molar-refractivity contribution in [2.24, 2.45) is 5.92 Å². The van der Waals surface area contributed by atoms with Gasteiger partial charge in [0.1, 0.15) is 11.4 Å². The van der Waals surface area contributed by atoms with Gasteiger partial charge in [-0.1, -0.05) is 13.8 Å². The van der Waals surface area contributed by atoms with Crippen LogP contribution in [-0.4, -0.2) is 54.1 Å². The third-order valence-corrected chi connectivity index (χ3v) is 6.25. The average Bonchev–Trinajstić information content (AvgIpc) is 3.10. The summed E-state index contributed by atoms with van der Waals surface area (Å²) in [7, 11) is -3.26. The Balaban J connectivity index is 1.89. The van der Waals surface area contributed by atoms with Crippen LogP contribution >= 0.6 is 0 Å². The molecule has 8 nitrogen and oxygen atoms in total.